The SMILES string of the molecule is Cc1cc(C)c(OCCc2ccccc2)c(C=O)c1. The Labute approximate surface area is 114 Å². The van der Waals surface area contributed by atoms with Crippen LogP contribution in [0.1, 0.15) is 27.0 Å². The van der Waals surface area contributed by atoms with Crippen LogP contribution in [0.4, 0.5) is 0 Å². The molecule has 0 spiro atoms. The Balaban J connectivity index is 2.05. The zero-order chi connectivity index (χ0) is 13.7. The van der Waals surface area contributed by atoms with Crippen LogP contribution in [-0.2, 0) is 6.42 Å². The lowest BCUT2D eigenvalue weighted by atomic mass is 10.1. The molecule has 0 fully saturated rings. The van der Waals surface area contributed by atoms with Gasteiger partial charge in [-0.15, -0.1) is 0 Å². The van der Waals surface area contributed by atoms with Gasteiger partial charge in [-0.2, -0.15) is 0 Å². The van der Waals surface area contributed by atoms with E-state index in [1.54, 1.807) is 0 Å². The van der Waals surface area contributed by atoms with E-state index in [1.165, 1.54) is 5.56 Å². The molecule has 0 N–H and O–H groups in total. The van der Waals surface area contributed by atoms with Gasteiger partial charge in [-0.1, -0.05) is 36.4 Å². The molecular weight excluding hydrogens is 236 g/mol. The highest BCUT2D eigenvalue weighted by molar-refractivity contribution is 5.80. The van der Waals surface area contributed by atoms with Gasteiger partial charge in [-0.3, -0.25) is 4.79 Å². The number of hydrogen-bond donors (Lipinski definition) is 0. The number of carbonyl (C=O) groups excluding carboxylic acids is 1. The summed E-state index contributed by atoms with van der Waals surface area (Å²) < 4.78 is 5.79. The largest absolute Gasteiger partial charge is 0.492 e. The van der Waals surface area contributed by atoms with Crippen molar-refractivity contribution in [3.63, 3.8) is 0 Å². The lowest BCUT2D eigenvalue weighted by Crippen LogP contribution is -2.05. The van der Waals surface area contributed by atoms with Gasteiger partial charge in [0, 0.05) is 6.42 Å². The van der Waals surface area contributed by atoms with Crippen molar-refractivity contribution in [2.24, 2.45) is 0 Å². The minimum atomic E-state index is 0.578. The maximum atomic E-state index is 11.1. The van der Waals surface area contributed by atoms with Crippen molar-refractivity contribution >= 4 is 6.29 Å². The molecule has 0 unspecified atom stereocenters. The normalized spacial score (nSPS) is 10.2. The summed E-state index contributed by atoms with van der Waals surface area (Å²) in [5.74, 6) is 0.705. The first-order valence-corrected chi connectivity index (χ1v) is 6.44. The predicted molar refractivity (Wildman–Crippen MR) is 76.9 cm³/mol. The van der Waals surface area contributed by atoms with Gasteiger partial charge in [0.2, 0.25) is 0 Å². The van der Waals surface area contributed by atoms with Crippen LogP contribution in [0.5, 0.6) is 5.75 Å². The third-order valence-corrected chi connectivity index (χ3v) is 3.05. The maximum absolute atomic E-state index is 11.1. The number of aryl methyl sites for hydroxylation is 2. The highest BCUT2D eigenvalue weighted by Crippen LogP contribution is 2.24. The first kappa shape index (κ1) is 13.3. The van der Waals surface area contributed by atoms with E-state index in [0.29, 0.717) is 17.9 Å². The number of aldehydes is 1. The monoisotopic (exact) mass is 254 g/mol. The average molecular weight is 254 g/mol. The number of carbonyl (C=O) groups is 1. The number of ether oxygens (including phenoxy) is 1. The quantitative estimate of drug-likeness (QED) is 0.760. The molecule has 0 aliphatic carbocycles. The minimum Gasteiger partial charge on any atom is -0.492 e. The fourth-order valence-electron chi connectivity index (χ4n) is 2.19. The zero-order valence-electron chi connectivity index (χ0n) is 11.3. The smallest absolute Gasteiger partial charge is 0.153 e. The highest BCUT2D eigenvalue weighted by atomic mass is 16.5. The van der Waals surface area contributed by atoms with E-state index < -0.39 is 0 Å². The Morgan fingerprint density at radius 2 is 1.84 bits per heavy atom. The molecule has 19 heavy (non-hydrogen) atoms. The van der Waals surface area contributed by atoms with Crippen LogP contribution >= 0.6 is 0 Å². The third-order valence-electron chi connectivity index (χ3n) is 3.05. The van der Waals surface area contributed by atoms with Gasteiger partial charge >= 0.3 is 0 Å². The Morgan fingerprint density at radius 1 is 1.11 bits per heavy atom. The standard InChI is InChI=1S/C17H18O2/c1-13-10-14(2)17(16(11-13)12-18)19-9-8-15-6-4-3-5-7-15/h3-7,10-12H,8-9H2,1-2H3. The number of benzene rings is 2. The summed E-state index contributed by atoms with van der Waals surface area (Å²) in [6.45, 7) is 4.53. The van der Waals surface area contributed by atoms with E-state index in [9.17, 15) is 4.79 Å². The van der Waals surface area contributed by atoms with E-state index in [-0.39, 0.29) is 0 Å². The first-order valence-electron chi connectivity index (χ1n) is 6.44. The Kier molecular flexibility index (Phi) is 4.35. The summed E-state index contributed by atoms with van der Waals surface area (Å²) in [5, 5.41) is 0. The van der Waals surface area contributed by atoms with Crippen molar-refractivity contribution in [3.8, 4) is 5.75 Å². The molecule has 2 heteroatoms. The van der Waals surface area contributed by atoms with Gasteiger partial charge in [0.25, 0.3) is 0 Å². The molecule has 0 radical (unpaired) electrons. The Morgan fingerprint density at radius 3 is 2.53 bits per heavy atom. The summed E-state index contributed by atoms with van der Waals surface area (Å²) in [7, 11) is 0. The van der Waals surface area contributed by atoms with E-state index in [1.807, 2.05) is 44.2 Å². The molecule has 2 aromatic carbocycles. The maximum Gasteiger partial charge on any atom is 0.153 e. The third kappa shape index (κ3) is 3.44. The molecule has 0 saturated heterocycles. The number of hydrogen-bond acceptors (Lipinski definition) is 2. The molecule has 0 aliphatic rings. The van der Waals surface area contributed by atoms with Crippen molar-refractivity contribution in [2.75, 3.05) is 6.61 Å². The molecule has 0 saturated carbocycles. The van der Waals surface area contributed by atoms with Crippen molar-refractivity contribution in [1.29, 1.82) is 0 Å². The van der Waals surface area contributed by atoms with Gasteiger partial charge in [0.15, 0.2) is 6.29 Å². The first-order chi connectivity index (χ1) is 9.20. The fourth-order valence-corrected chi connectivity index (χ4v) is 2.19. The van der Waals surface area contributed by atoms with Crippen LogP contribution in [0.2, 0.25) is 0 Å². The molecule has 0 heterocycles. The molecule has 98 valence electrons. The molecule has 2 aromatic rings. The second-order valence-electron chi connectivity index (χ2n) is 4.70. The van der Waals surface area contributed by atoms with Gasteiger partial charge in [-0.25, -0.2) is 0 Å². The summed E-state index contributed by atoms with van der Waals surface area (Å²) in [5.41, 5.74) is 3.95. The van der Waals surface area contributed by atoms with Crippen LogP contribution in [0.25, 0.3) is 0 Å². The summed E-state index contributed by atoms with van der Waals surface area (Å²) in [6.07, 6.45) is 1.70. The molecular formula is C17H18O2. The molecule has 0 atom stereocenters. The van der Waals surface area contributed by atoms with E-state index in [4.69, 9.17) is 4.74 Å². The number of rotatable bonds is 5. The fraction of sp³-hybridized carbons (Fsp3) is 0.235. The molecule has 2 nitrogen and oxygen atoms in total. The second kappa shape index (κ2) is 6.19. The molecule has 0 aromatic heterocycles. The van der Waals surface area contributed by atoms with E-state index in [2.05, 4.69) is 12.1 Å². The molecule has 2 rings (SSSR count). The average Bonchev–Trinajstić information content (AvgIpc) is 2.42. The Bertz CT molecular complexity index is 559. The molecule has 0 aliphatic heterocycles. The van der Waals surface area contributed by atoms with Crippen molar-refractivity contribution < 1.29 is 9.53 Å². The van der Waals surface area contributed by atoms with E-state index >= 15 is 0 Å². The zero-order valence-corrected chi connectivity index (χ0v) is 11.3. The summed E-state index contributed by atoms with van der Waals surface area (Å²) >= 11 is 0. The van der Waals surface area contributed by atoms with Crippen molar-refractivity contribution in [2.45, 2.75) is 20.3 Å². The van der Waals surface area contributed by atoms with Gasteiger partial charge in [-0.05, 0) is 36.6 Å². The topological polar surface area (TPSA) is 26.3 Å². The van der Waals surface area contributed by atoms with Crippen LogP contribution in [0.15, 0.2) is 42.5 Å². The van der Waals surface area contributed by atoms with Gasteiger partial charge in [0.05, 0.1) is 12.2 Å². The van der Waals surface area contributed by atoms with Crippen LogP contribution in [0.3, 0.4) is 0 Å². The Hall–Kier alpha value is -2.09. The van der Waals surface area contributed by atoms with Crippen LogP contribution in [0, 0.1) is 13.8 Å². The van der Waals surface area contributed by atoms with Crippen LogP contribution in [-0.4, -0.2) is 12.9 Å². The van der Waals surface area contributed by atoms with Gasteiger partial charge < -0.3 is 4.74 Å². The highest BCUT2D eigenvalue weighted by Gasteiger charge is 2.07. The summed E-state index contributed by atoms with van der Waals surface area (Å²) in [4.78, 5) is 11.1. The predicted octanol–water partition coefficient (Wildman–Crippen LogP) is 3.74. The summed E-state index contributed by atoms with van der Waals surface area (Å²) in [6, 6.07) is 14.1. The van der Waals surface area contributed by atoms with E-state index in [0.717, 1.165) is 23.8 Å². The van der Waals surface area contributed by atoms with Crippen molar-refractivity contribution in [3.05, 3.63) is 64.7 Å². The molecule has 0 amide bonds. The minimum absolute atomic E-state index is 0.578. The second-order valence-corrected chi connectivity index (χ2v) is 4.70. The molecule has 0 bridgehead atoms. The van der Waals surface area contributed by atoms with Crippen molar-refractivity contribution in [1.82, 2.24) is 0 Å². The van der Waals surface area contributed by atoms with Gasteiger partial charge in [0.1, 0.15) is 5.75 Å². The lowest BCUT2D eigenvalue weighted by molar-refractivity contribution is 0.111. The lowest BCUT2D eigenvalue weighted by Gasteiger charge is -2.12. The van der Waals surface area contributed by atoms with Crippen LogP contribution < -0.4 is 4.74 Å².